The van der Waals surface area contributed by atoms with Gasteiger partial charge >= 0.3 is 0 Å². The van der Waals surface area contributed by atoms with Gasteiger partial charge in [-0.25, -0.2) is 0 Å². The Hall–Kier alpha value is -4.20. The number of fused-ring (bicyclic) bond motifs is 1. The molecule has 8 heteroatoms. The summed E-state index contributed by atoms with van der Waals surface area (Å²) in [6.07, 6.45) is 5.30. The number of furan rings is 1. The van der Waals surface area contributed by atoms with E-state index in [2.05, 4.69) is 12.2 Å². The molecule has 2 atom stereocenters. The van der Waals surface area contributed by atoms with Crippen molar-refractivity contribution in [2.24, 2.45) is 0 Å². The van der Waals surface area contributed by atoms with Crippen molar-refractivity contribution in [2.45, 2.75) is 57.4 Å². The molecule has 3 aromatic rings. The molecule has 1 aliphatic heterocycles. The van der Waals surface area contributed by atoms with Crippen LogP contribution >= 0.6 is 0 Å². The van der Waals surface area contributed by atoms with Gasteiger partial charge in [0.05, 0.1) is 22.6 Å². The van der Waals surface area contributed by atoms with E-state index in [9.17, 15) is 19.7 Å². The number of Topliss-reactive ketones (excluding diaryl/α,β-unsaturated/α-hetero) is 1. The number of rotatable bonds is 7. The molecular weight excluding hydrogens is 470 g/mol. The molecule has 5 rings (SSSR count). The maximum absolute atomic E-state index is 13.9. The van der Waals surface area contributed by atoms with Gasteiger partial charge in [-0.2, -0.15) is 0 Å². The molecule has 0 bridgehead atoms. The number of nitro groups is 1. The highest BCUT2D eigenvalue weighted by Gasteiger charge is 2.42. The van der Waals surface area contributed by atoms with Gasteiger partial charge in [0, 0.05) is 36.2 Å². The molecule has 0 unspecified atom stereocenters. The molecule has 0 saturated carbocycles. The van der Waals surface area contributed by atoms with Gasteiger partial charge in [0.1, 0.15) is 11.8 Å². The number of para-hydroxylation sites is 2. The Balaban J connectivity index is 1.62. The van der Waals surface area contributed by atoms with Crippen molar-refractivity contribution < 1.29 is 18.9 Å². The van der Waals surface area contributed by atoms with E-state index >= 15 is 0 Å². The van der Waals surface area contributed by atoms with Crippen molar-refractivity contribution in [3.63, 3.8) is 0 Å². The van der Waals surface area contributed by atoms with E-state index in [0.717, 1.165) is 30.5 Å². The third kappa shape index (κ3) is 4.79. The lowest BCUT2D eigenvalue weighted by Gasteiger charge is -2.33. The van der Waals surface area contributed by atoms with Crippen LogP contribution in [0, 0.1) is 10.1 Å². The molecule has 1 N–H and O–H groups in total. The average Bonchev–Trinajstić information content (AvgIpc) is 3.38. The number of amides is 1. The molecule has 0 radical (unpaired) electrons. The summed E-state index contributed by atoms with van der Waals surface area (Å²) in [5.74, 6) is 0.129. The highest BCUT2D eigenvalue weighted by atomic mass is 16.6. The van der Waals surface area contributed by atoms with Crippen LogP contribution in [0.3, 0.4) is 0 Å². The lowest BCUT2D eigenvalue weighted by molar-refractivity contribution is -0.384. The number of nitrogens with zero attached hydrogens (tertiary/aromatic N) is 2. The predicted octanol–water partition coefficient (Wildman–Crippen LogP) is 6.67. The van der Waals surface area contributed by atoms with Crippen LogP contribution in [0.25, 0.3) is 0 Å². The van der Waals surface area contributed by atoms with E-state index < -0.39 is 11.0 Å². The second-order valence-corrected chi connectivity index (χ2v) is 9.55. The highest BCUT2D eigenvalue weighted by Crippen LogP contribution is 2.47. The minimum atomic E-state index is -0.700. The topological polar surface area (TPSA) is 106 Å². The fraction of sp³-hybridized carbons (Fsp3) is 0.310. The maximum atomic E-state index is 13.9. The molecule has 8 nitrogen and oxygen atoms in total. The van der Waals surface area contributed by atoms with Crippen molar-refractivity contribution in [3.8, 4) is 0 Å². The zero-order chi connectivity index (χ0) is 25.9. The molecule has 1 amide bonds. The SMILES string of the molecule is CCCCCC(=O)N1c2ccccc2NC2=C(C(=O)C[C@H](c3cccc([N+](=O)[O-])c3)C2)[C@H]1c1ccco1. The number of ketones is 1. The summed E-state index contributed by atoms with van der Waals surface area (Å²) in [6, 6.07) is 16.9. The molecule has 190 valence electrons. The van der Waals surface area contributed by atoms with Crippen molar-refractivity contribution in [3.05, 3.63) is 99.6 Å². The molecule has 2 aliphatic rings. The molecule has 0 spiro atoms. The van der Waals surface area contributed by atoms with Crippen molar-refractivity contribution in [2.75, 3.05) is 10.2 Å². The van der Waals surface area contributed by atoms with E-state index in [1.165, 1.54) is 6.07 Å². The fourth-order valence-electron chi connectivity index (χ4n) is 5.36. The van der Waals surface area contributed by atoms with Gasteiger partial charge < -0.3 is 9.73 Å². The summed E-state index contributed by atoms with van der Waals surface area (Å²) < 4.78 is 5.82. The number of carbonyl (C=O) groups is 2. The van der Waals surface area contributed by atoms with Crippen LogP contribution in [0.1, 0.15) is 68.7 Å². The Kier molecular flexibility index (Phi) is 6.90. The van der Waals surface area contributed by atoms with Crippen LogP contribution in [-0.4, -0.2) is 16.6 Å². The number of hydrogen-bond acceptors (Lipinski definition) is 6. The first-order chi connectivity index (χ1) is 18.0. The first-order valence-electron chi connectivity index (χ1n) is 12.7. The Bertz CT molecular complexity index is 1360. The van der Waals surface area contributed by atoms with Crippen LogP contribution in [-0.2, 0) is 9.59 Å². The largest absolute Gasteiger partial charge is 0.467 e. The van der Waals surface area contributed by atoms with Crippen LogP contribution < -0.4 is 10.2 Å². The van der Waals surface area contributed by atoms with Gasteiger partial charge in [-0.1, -0.05) is 44.0 Å². The minimum absolute atomic E-state index is 0.00112. The number of non-ortho nitro benzene ring substituents is 1. The van der Waals surface area contributed by atoms with E-state index in [1.54, 1.807) is 35.4 Å². The average molecular weight is 500 g/mol. The predicted molar refractivity (Wildman–Crippen MR) is 140 cm³/mol. The van der Waals surface area contributed by atoms with Gasteiger partial charge in [0.25, 0.3) is 5.69 Å². The fourth-order valence-corrected chi connectivity index (χ4v) is 5.36. The third-order valence-electron chi connectivity index (χ3n) is 7.12. The quantitative estimate of drug-likeness (QED) is 0.221. The molecule has 1 aromatic heterocycles. The van der Waals surface area contributed by atoms with Crippen molar-refractivity contribution in [1.82, 2.24) is 0 Å². The van der Waals surface area contributed by atoms with Gasteiger partial charge in [-0.3, -0.25) is 24.6 Å². The number of nitro benzene ring substituents is 1. The Morgan fingerprint density at radius 2 is 1.95 bits per heavy atom. The van der Waals surface area contributed by atoms with Crippen LogP contribution in [0.4, 0.5) is 17.1 Å². The molecular formula is C29H29N3O5. The number of anilines is 2. The Morgan fingerprint density at radius 1 is 1.11 bits per heavy atom. The molecule has 2 aromatic carbocycles. The van der Waals surface area contributed by atoms with Gasteiger partial charge in [-0.15, -0.1) is 0 Å². The van der Waals surface area contributed by atoms with Crippen molar-refractivity contribution >= 4 is 28.8 Å². The van der Waals surface area contributed by atoms with Crippen LogP contribution in [0.15, 0.2) is 82.6 Å². The summed E-state index contributed by atoms with van der Waals surface area (Å²) in [4.78, 5) is 40.2. The number of carbonyl (C=O) groups excluding carboxylic acids is 2. The first kappa shape index (κ1) is 24.5. The molecule has 0 fully saturated rings. The molecule has 37 heavy (non-hydrogen) atoms. The third-order valence-corrected chi connectivity index (χ3v) is 7.12. The summed E-state index contributed by atoms with van der Waals surface area (Å²) in [6.45, 7) is 2.09. The van der Waals surface area contributed by atoms with E-state index in [0.29, 0.717) is 35.6 Å². The van der Waals surface area contributed by atoms with Gasteiger partial charge in [-0.05, 0) is 48.6 Å². The summed E-state index contributed by atoms with van der Waals surface area (Å²) in [7, 11) is 0. The monoisotopic (exact) mass is 499 g/mol. The minimum Gasteiger partial charge on any atom is -0.467 e. The number of benzene rings is 2. The number of unbranched alkanes of at least 4 members (excludes halogenated alkanes) is 2. The Morgan fingerprint density at radius 3 is 2.70 bits per heavy atom. The number of allylic oxidation sites excluding steroid dienone is 1. The van der Waals surface area contributed by atoms with E-state index in [1.807, 2.05) is 30.3 Å². The summed E-state index contributed by atoms with van der Waals surface area (Å²) in [5.41, 5.74) is 3.40. The smallest absolute Gasteiger partial charge is 0.269 e. The lowest BCUT2D eigenvalue weighted by atomic mass is 9.79. The second kappa shape index (κ2) is 10.4. The summed E-state index contributed by atoms with van der Waals surface area (Å²) >= 11 is 0. The van der Waals surface area contributed by atoms with Crippen LogP contribution in [0.2, 0.25) is 0 Å². The zero-order valence-corrected chi connectivity index (χ0v) is 20.7. The Labute approximate surface area is 215 Å². The summed E-state index contributed by atoms with van der Waals surface area (Å²) in [5, 5.41) is 14.8. The standard InChI is InChI=1S/C29H29N3O5/c1-2-3-4-14-27(34)31-24-12-6-5-11-22(24)30-23-17-20(19-9-7-10-21(16-19)32(35)36)18-25(33)28(23)29(31)26-13-8-15-37-26/h5-13,15-16,20,29-30H,2-4,14,17-18H2,1H3/t20-,29-/m1/s1. The number of nitrogens with one attached hydrogen (secondary N) is 1. The van der Waals surface area contributed by atoms with Crippen molar-refractivity contribution in [1.29, 1.82) is 0 Å². The van der Waals surface area contributed by atoms with Gasteiger partial charge in [0.2, 0.25) is 5.91 Å². The molecule has 2 heterocycles. The molecule has 0 saturated heterocycles. The van der Waals surface area contributed by atoms with E-state index in [4.69, 9.17) is 4.42 Å². The first-order valence-corrected chi connectivity index (χ1v) is 12.7. The normalized spacial score (nSPS) is 19.1. The number of hydrogen-bond donors (Lipinski definition) is 1. The molecule has 1 aliphatic carbocycles. The maximum Gasteiger partial charge on any atom is 0.269 e. The second-order valence-electron chi connectivity index (χ2n) is 9.55. The van der Waals surface area contributed by atoms with Gasteiger partial charge in [0.15, 0.2) is 5.78 Å². The van der Waals surface area contributed by atoms with Crippen LogP contribution in [0.5, 0.6) is 0 Å². The lowest BCUT2D eigenvalue weighted by Crippen LogP contribution is -2.38. The zero-order valence-electron chi connectivity index (χ0n) is 20.7. The van der Waals surface area contributed by atoms with E-state index in [-0.39, 0.29) is 29.7 Å². The highest BCUT2D eigenvalue weighted by molar-refractivity contribution is 6.06.